The lowest BCUT2D eigenvalue weighted by Gasteiger charge is -2.20. The Hall–Kier alpha value is -2.20. The first-order valence-electron chi connectivity index (χ1n) is 6.85. The van der Waals surface area contributed by atoms with Crippen molar-refractivity contribution >= 4 is 23.0 Å². The van der Waals surface area contributed by atoms with Crippen LogP contribution in [0.25, 0.3) is 10.8 Å². The van der Waals surface area contributed by atoms with E-state index in [0.717, 1.165) is 21.9 Å². The first-order valence-corrected chi connectivity index (χ1v) is 6.85. The number of nitrogens with one attached hydrogen (secondary N) is 1. The molecule has 0 bridgehead atoms. The van der Waals surface area contributed by atoms with Gasteiger partial charge in [0.2, 0.25) is 0 Å². The molecule has 2 rings (SSSR count). The molecular weight excluding hydrogens is 266 g/mol. The van der Waals surface area contributed by atoms with Gasteiger partial charge in [0, 0.05) is 12.7 Å². The van der Waals surface area contributed by atoms with Crippen molar-refractivity contribution in [1.29, 1.82) is 0 Å². The van der Waals surface area contributed by atoms with E-state index in [-0.39, 0.29) is 5.91 Å². The number of carbonyl (C=O) groups is 2. The van der Waals surface area contributed by atoms with Crippen LogP contribution in [0.3, 0.4) is 0 Å². The van der Waals surface area contributed by atoms with Crippen LogP contribution in [0.15, 0.2) is 36.4 Å². The highest BCUT2D eigenvalue weighted by Crippen LogP contribution is 2.29. The molecule has 2 aromatic rings. The summed E-state index contributed by atoms with van der Waals surface area (Å²) in [4.78, 5) is 23.1. The van der Waals surface area contributed by atoms with E-state index in [9.17, 15) is 9.59 Å². The van der Waals surface area contributed by atoms with Crippen molar-refractivity contribution in [1.82, 2.24) is 5.32 Å². The van der Waals surface area contributed by atoms with Gasteiger partial charge in [-0.1, -0.05) is 36.4 Å². The van der Waals surface area contributed by atoms with Crippen LogP contribution in [0.2, 0.25) is 0 Å². The lowest BCUT2D eigenvalue weighted by Crippen LogP contribution is -2.38. The smallest absolute Gasteiger partial charge is 0.254 e. The predicted molar refractivity (Wildman–Crippen MR) is 82.1 cm³/mol. The Morgan fingerprint density at radius 2 is 1.95 bits per heavy atom. The van der Waals surface area contributed by atoms with Gasteiger partial charge in [0.1, 0.15) is 6.29 Å². The molecule has 21 heavy (non-hydrogen) atoms. The molecule has 4 nitrogen and oxygen atoms in total. The van der Waals surface area contributed by atoms with Crippen molar-refractivity contribution in [2.45, 2.75) is 26.0 Å². The van der Waals surface area contributed by atoms with Gasteiger partial charge in [-0.15, -0.1) is 0 Å². The van der Waals surface area contributed by atoms with Gasteiger partial charge < -0.3 is 14.8 Å². The second kappa shape index (κ2) is 6.50. The molecule has 1 N–H and O–H groups in total. The van der Waals surface area contributed by atoms with E-state index < -0.39 is 12.1 Å². The van der Waals surface area contributed by atoms with E-state index in [1.54, 1.807) is 6.92 Å². The number of benzene rings is 2. The molecule has 0 fully saturated rings. The zero-order chi connectivity index (χ0) is 15.4. The molecule has 0 heterocycles. The zero-order valence-electron chi connectivity index (χ0n) is 12.4. The highest BCUT2D eigenvalue weighted by molar-refractivity contribution is 5.93. The van der Waals surface area contributed by atoms with Gasteiger partial charge in [-0.25, -0.2) is 0 Å². The summed E-state index contributed by atoms with van der Waals surface area (Å²) in [7, 11) is 1.50. The van der Waals surface area contributed by atoms with E-state index in [0.29, 0.717) is 6.29 Å². The van der Waals surface area contributed by atoms with Gasteiger partial charge in [-0.2, -0.15) is 0 Å². The highest BCUT2D eigenvalue weighted by Gasteiger charge is 2.24. The number of hydrogen-bond donors (Lipinski definition) is 1. The van der Waals surface area contributed by atoms with Crippen molar-refractivity contribution in [3.8, 4) is 0 Å². The summed E-state index contributed by atoms with van der Waals surface area (Å²) in [6, 6.07) is 11.3. The molecule has 110 valence electrons. The van der Waals surface area contributed by atoms with Gasteiger partial charge in [0.05, 0.1) is 6.04 Å². The molecule has 0 saturated heterocycles. The van der Waals surface area contributed by atoms with Crippen LogP contribution in [0.4, 0.5) is 0 Å². The number of ether oxygens (including phenoxy) is 1. The molecule has 0 aliphatic rings. The van der Waals surface area contributed by atoms with Crippen LogP contribution in [-0.4, -0.2) is 25.3 Å². The van der Waals surface area contributed by atoms with E-state index in [1.165, 1.54) is 7.11 Å². The van der Waals surface area contributed by atoms with Crippen LogP contribution < -0.4 is 5.32 Å². The molecule has 2 atom stereocenters. The number of carbonyl (C=O) groups excluding carboxylic acids is 2. The fraction of sp³-hybridized carbons (Fsp3) is 0.294. The molecular formula is C17H19NO3. The average molecular weight is 285 g/mol. The maximum Gasteiger partial charge on any atom is 0.254 e. The number of amides is 1. The Bertz CT molecular complexity index is 666. The summed E-state index contributed by atoms with van der Waals surface area (Å²) in [6.07, 6.45) is -0.0425. The van der Waals surface area contributed by atoms with Crippen molar-refractivity contribution < 1.29 is 14.3 Å². The van der Waals surface area contributed by atoms with Crippen molar-refractivity contribution in [2.75, 3.05) is 7.11 Å². The topological polar surface area (TPSA) is 55.4 Å². The number of fused-ring (bicyclic) bond motifs is 1. The summed E-state index contributed by atoms with van der Waals surface area (Å²) in [5, 5.41) is 4.68. The van der Waals surface area contributed by atoms with Crippen molar-refractivity contribution in [2.24, 2.45) is 0 Å². The van der Waals surface area contributed by atoms with Gasteiger partial charge in [0.25, 0.3) is 5.91 Å². The van der Waals surface area contributed by atoms with Gasteiger partial charge in [-0.3, -0.25) is 4.79 Å². The number of rotatable bonds is 5. The Morgan fingerprint density at radius 1 is 1.24 bits per heavy atom. The van der Waals surface area contributed by atoms with Crippen molar-refractivity contribution in [3.05, 3.63) is 47.5 Å². The van der Waals surface area contributed by atoms with E-state index >= 15 is 0 Å². The van der Waals surface area contributed by atoms with Gasteiger partial charge in [-0.05, 0) is 30.2 Å². The molecule has 0 saturated carbocycles. The minimum atomic E-state index is -0.738. The van der Waals surface area contributed by atoms with Crippen LogP contribution in [0.1, 0.15) is 24.2 Å². The third-order valence-corrected chi connectivity index (χ3v) is 3.50. The first kappa shape index (κ1) is 15.2. The van der Waals surface area contributed by atoms with Crippen LogP contribution in [0, 0.1) is 6.92 Å². The van der Waals surface area contributed by atoms with E-state index in [4.69, 9.17) is 4.74 Å². The summed E-state index contributed by atoms with van der Waals surface area (Å²) >= 11 is 0. The van der Waals surface area contributed by atoms with E-state index in [2.05, 4.69) is 5.32 Å². The number of aryl methyl sites for hydroxylation is 1. The minimum absolute atomic E-state index is 0.309. The molecule has 0 aliphatic heterocycles. The normalized spacial score (nSPS) is 13.7. The third kappa shape index (κ3) is 3.11. The monoisotopic (exact) mass is 285 g/mol. The maximum absolute atomic E-state index is 12.3. The Morgan fingerprint density at radius 3 is 2.62 bits per heavy atom. The third-order valence-electron chi connectivity index (χ3n) is 3.50. The largest absolute Gasteiger partial charge is 0.367 e. The summed E-state index contributed by atoms with van der Waals surface area (Å²) in [6.45, 7) is 3.58. The van der Waals surface area contributed by atoms with Crippen molar-refractivity contribution in [3.63, 3.8) is 0 Å². The van der Waals surface area contributed by atoms with Gasteiger partial charge >= 0.3 is 0 Å². The van der Waals surface area contributed by atoms with Gasteiger partial charge in [0.15, 0.2) is 6.10 Å². The standard InChI is InChI=1S/C17H19NO3/c1-11-8-9-13-6-4-5-7-14(13)15(11)16(21-3)17(20)18-12(2)10-19/h4-10,12,16H,1-3H3,(H,18,20). The molecule has 0 spiro atoms. The first-order chi connectivity index (χ1) is 10.1. The molecule has 4 heteroatoms. The molecule has 0 aromatic heterocycles. The Kier molecular flexibility index (Phi) is 4.70. The SMILES string of the molecule is COC(C(=O)NC(C)C=O)c1c(C)ccc2ccccc12. The quantitative estimate of drug-likeness (QED) is 0.859. The lowest BCUT2D eigenvalue weighted by atomic mass is 9.95. The number of hydrogen-bond acceptors (Lipinski definition) is 3. The molecule has 0 radical (unpaired) electrons. The van der Waals surface area contributed by atoms with E-state index in [1.807, 2.05) is 43.3 Å². The second-order valence-corrected chi connectivity index (χ2v) is 5.07. The summed E-state index contributed by atoms with van der Waals surface area (Å²) in [5.74, 6) is -0.309. The second-order valence-electron chi connectivity index (χ2n) is 5.07. The summed E-state index contributed by atoms with van der Waals surface area (Å²) < 4.78 is 5.40. The minimum Gasteiger partial charge on any atom is -0.367 e. The number of aldehydes is 1. The summed E-state index contributed by atoms with van der Waals surface area (Å²) in [5.41, 5.74) is 1.82. The molecule has 2 unspecified atom stereocenters. The van der Waals surface area contributed by atoms with Crippen LogP contribution in [0.5, 0.6) is 0 Å². The average Bonchev–Trinajstić information content (AvgIpc) is 2.50. The zero-order valence-corrected chi connectivity index (χ0v) is 12.4. The molecule has 2 aromatic carbocycles. The predicted octanol–water partition coefficient (Wildman–Crippen LogP) is 2.54. The maximum atomic E-state index is 12.3. The van der Waals surface area contributed by atoms with Crippen LogP contribution in [-0.2, 0) is 14.3 Å². The Balaban J connectivity index is 2.49. The van der Waals surface area contributed by atoms with Crippen LogP contribution >= 0.6 is 0 Å². The lowest BCUT2D eigenvalue weighted by molar-refractivity contribution is -0.133. The molecule has 1 amide bonds. The highest BCUT2D eigenvalue weighted by atomic mass is 16.5. The Labute approximate surface area is 124 Å². The molecule has 0 aliphatic carbocycles. The number of methoxy groups -OCH3 is 1. The fourth-order valence-electron chi connectivity index (χ4n) is 2.44. The fourth-order valence-corrected chi connectivity index (χ4v) is 2.44.